The minimum Gasteiger partial charge on any atom is -0.497 e. The molecule has 36 heavy (non-hydrogen) atoms. The first-order chi connectivity index (χ1) is 17.3. The van der Waals surface area contributed by atoms with Gasteiger partial charge in [-0.3, -0.25) is 14.5 Å². The van der Waals surface area contributed by atoms with Crippen molar-refractivity contribution in [3.8, 4) is 5.75 Å². The first kappa shape index (κ1) is 23.6. The van der Waals surface area contributed by atoms with Crippen LogP contribution in [0.3, 0.4) is 0 Å². The van der Waals surface area contributed by atoms with E-state index in [1.165, 1.54) is 38.0 Å². The second-order valence-electron chi connectivity index (χ2n) is 8.75. The maximum Gasteiger partial charge on any atom is 0.337 e. The fraction of sp³-hybridized carbons (Fsp3) is 0.308. The zero-order valence-electron chi connectivity index (χ0n) is 20.1. The molecule has 1 aromatic heterocycles. The predicted molar refractivity (Wildman–Crippen MR) is 129 cm³/mol. The van der Waals surface area contributed by atoms with Crippen LogP contribution >= 0.6 is 0 Å². The molecule has 1 unspecified atom stereocenters. The van der Waals surface area contributed by atoms with Crippen molar-refractivity contribution in [1.82, 2.24) is 9.88 Å². The summed E-state index contributed by atoms with van der Waals surface area (Å²) in [6.45, 7) is 1.09. The number of nitrogens with zero attached hydrogens (tertiary/aromatic N) is 2. The Morgan fingerprint density at radius 2 is 1.67 bits per heavy atom. The van der Waals surface area contributed by atoms with Crippen molar-refractivity contribution in [2.24, 2.45) is 0 Å². The van der Waals surface area contributed by atoms with Gasteiger partial charge >= 0.3 is 11.9 Å². The van der Waals surface area contributed by atoms with E-state index in [2.05, 4.69) is 4.98 Å². The highest BCUT2D eigenvalue weighted by Gasteiger charge is 2.44. The summed E-state index contributed by atoms with van der Waals surface area (Å²) in [5.41, 5.74) is 3.39. The van der Waals surface area contributed by atoms with Crippen molar-refractivity contribution in [3.63, 3.8) is 0 Å². The number of hydrogen-bond donors (Lipinski definition) is 1. The minimum absolute atomic E-state index is 0.00176. The summed E-state index contributed by atoms with van der Waals surface area (Å²) in [7, 11) is 4.05. The Hall–Kier alpha value is -4.18. The number of amides is 2. The van der Waals surface area contributed by atoms with E-state index in [1.54, 1.807) is 7.11 Å². The molecule has 0 aliphatic carbocycles. The molecule has 10 nitrogen and oxygen atoms in total. The summed E-state index contributed by atoms with van der Waals surface area (Å²) in [5, 5.41) is 1.09. The van der Waals surface area contributed by atoms with Gasteiger partial charge in [0.15, 0.2) is 0 Å². The normalized spacial score (nSPS) is 17.9. The van der Waals surface area contributed by atoms with Crippen molar-refractivity contribution in [3.05, 3.63) is 58.8 Å². The highest BCUT2D eigenvalue weighted by atomic mass is 16.5. The molecule has 1 saturated heterocycles. The average Bonchev–Trinajstić information content (AvgIpc) is 3.42. The summed E-state index contributed by atoms with van der Waals surface area (Å²) in [6, 6.07) is 9.25. The van der Waals surface area contributed by atoms with Gasteiger partial charge in [0, 0.05) is 29.7 Å². The number of esters is 2. The monoisotopic (exact) mass is 491 g/mol. The molecular weight excluding hydrogens is 466 g/mol. The molecule has 3 heterocycles. The van der Waals surface area contributed by atoms with E-state index in [9.17, 15) is 19.2 Å². The lowest BCUT2D eigenvalue weighted by molar-refractivity contribution is -0.123. The number of aromatic amines is 1. The summed E-state index contributed by atoms with van der Waals surface area (Å²) in [5.74, 6) is -1.43. The molecule has 10 heteroatoms. The van der Waals surface area contributed by atoms with Crippen LogP contribution in [0.15, 0.2) is 36.4 Å². The highest BCUT2D eigenvalue weighted by Crippen LogP contribution is 2.34. The Morgan fingerprint density at radius 3 is 2.31 bits per heavy atom. The lowest BCUT2D eigenvalue weighted by Crippen LogP contribution is -2.44. The molecule has 2 aliphatic heterocycles. The van der Waals surface area contributed by atoms with Gasteiger partial charge in [0.2, 0.25) is 5.91 Å². The number of imide groups is 1. The van der Waals surface area contributed by atoms with Crippen LogP contribution in [-0.2, 0) is 32.0 Å². The van der Waals surface area contributed by atoms with Crippen LogP contribution in [0.25, 0.3) is 10.9 Å². The van der Waals surface area contributed by atoms with Gasteiger partial charge in [-0.25, -0.2) is 14.5 Å². The standard InChI is InChI=1S/C26H25N3O7/c1-34-17-4-5-20-19(11-17)18-6-7-28(13-21(18)27-20)22-12-23(30)29(24(22)31)16-9-14(25(32)35-2)8-15(10-16)26(33)36-3/h4-5,8-11,22,27H,6-7,12-13H2,1-3H3. The van der Waals surface area contributed by atoms with Crippen LogP contribution in [0.4, 0.5) is 5.69 Å². The quantitative estimate of drug-likeness (QED) is 0.427. The highest BCUT2D eigenvalue weighted by molar-refractivity contribution is 6.23. The van der Waals surface area contributed by atoms with E-state index in [0.717, 1.165) is 27.2 Å². The molecule has 2 amide bonds. The SMILES string of the molecule is COC(=O)c1cc(C(=O)OC)cc(N2C(=O)CC(N3CCc4c([nH]c5ccc(OC)cc45)C3)C2=O)c1. The lowest BCUT2D eigenvalue weighted by Gasteiger charge is -2.30. The zero-order chi connectivity index (χ0) is 25.6. The fourth-order valence-corrected chi connectivity index (χ4v) is 5.02. The molecule has 0 saturated carbocycles. The van der Waals surface area contributed by atoms with Gasteiger partial charge in [-0.05, 0) is 48.4 Å². The van der Waals surface area contributed by atoms with Gasteiger partial charge in [-0.1, -0.05) is 0 Å². The minimum atomic E-state index is -0.698. The van der Waals surface area contributed by atoms with E-state index in [1.807, 2.05) is 23.1 Å². The van der Waals surface area contributed by atoms with Crippen LogP contribution in [0.2, 0.25) is 0 Å². The molecule has 2 aromatic carbocycles. The van der Waals surface area contributed by atoms with Gasteiger partial charge in [0.25, 0.3) is 5.91 Å². The maximum absolute atomic E-state index is 13.5. The summed E-state index contributed by atoms with van der Waals surface area (Å²) >= 11 is 0. The largest absolute Gasteiger partial charge is 0.497 e. The number of nitrogens with one attached hydrogen (secondary N) is 1. The predicted octanol–water partition coefficient (Wildman–Crippen LogP) is 2.44. The van der Waals surface area contributed by atoms with Crippen LogP contribution in [0.1, 0.15) is 38.4 Å². The summed E-state index contributed by atoms with van der Waals surface area (Å²) in [6.07, 6.45) is 0.711. The van der Waals surface area contributed by atoms with Crippen LogP contribution < -0.4 is 9.64 Å². The topological polar surface area (TPSA) is 118 Å². The first-order valence-corrected chi connectivity index (χ1v) is 11.4. The Morgan fingerprint density at radius 1 is 0.972 bits per heavy atom. The average molecular weight is 492 g/mol. The molecule has 0 bridgehead atoms. The van der Waals surface area contributed by atoms with Gasteiger partial charge in [-0.15, -0.1) is 0 Å². The Kier molecular flexibility index (Phi) is 5.97. The van der Waals surface area contributed by atoms with Crippen molar-refractivity contribution in [2.75, 3.05) is 32.8 Å². The summed E-state index contributed by atoms with van der Waals surface area (Å²) in [4.78, 5) is 57.3. The van der Waals surface area contributed by atoms with Crippen LogP contribution in [-0.4, -0.2) is 67.6 Å². The van der Waals surface area contributed by atoms with Gasteiger partial charge < -0.3 is 19.2 Å². The number of aromatic nitrogens is 1. The molecule has 2 aliphatic rings. The van der Waals surface area contributed by atoms with E-state index >= 15 is 0 Å². The number of carbonyl (C=O) groups excluding carboxylic acids is 4. The lowest BCUT2D eigenvalue weighted by atomic mass is 10.0. The molecule has 1 N–H and O–H groups in total. The number of ether oxygens (including phenoxy) is 3. The first-order valence-electron chi connectivity index (χ1n) is 11.4. The fourth-order valence-electron chi connectivity index (χ4n) is 5.02. The van der Waals surface area contributed by atoms with Gasteiger partial charge in [0.05, 0.1) is 50.6 Å². The molecule has 0 spiro atoms. The van der Waals surface area contributed by atoms with Crippen molar-refractivity contribution >= 4 is 40.3 Å². The molecular formula is C26H25N3O7. The van der Waals surface area contributed by atoms with E-state index in [4.69, 9.17) is 14.2 Å². The number of anilines is 1. The molecule has 1 atom stereocenters. The number of fused-ring (bicyclic) bond motifs is 3. The number of H-pyrrole nitrogens is 1. The molecule has 1 fully saturated rings. The van der Waals surface area contributed by atoms with Crippen molar-refractivity contribution in [2.45, 2.75) is 25.4 Å². The third-order valence-electron chi connectivity index (χ3n) is 6.79. The van der Waals surface area contributed by atoms with Crippen LogP contribution in [0, 0.1) is 0 Å². The molecule has 186 valence electrons. The maximum atomic E-state index is 13.5. The van der Waals surface area contributed by atoms with Gasteiger partial charge in [-0.2, -0.15) is 0 Å². The second-order valence-corrected chi connectivity index (χ2v) is 8.75. The van der Waals surface area contributed by atoms with Crippen molar-refractivity contribution in [1.29, 1.82) is 0 Å². The number of hydrogen-bond acceptors (Lipinski definition) is 8. The third kappa shape index (κ3) is 3.89. The second kappa shape index (κ2) is 9.12. The zero-order valence-corrected chi connectivity index (χ0v) is 20.1. The van der Waals surface area contributed by atoms with E-state index < -0.39 is 29.8 Å². The Balaban J connectivity index is 1.44. The molecule has 3 aromatic rings. The number of carbonyl (C=O) groups is 4. The van der Waals surface area contributed by atoms with Gasteiger partial charge in [0.1, 0.15) is 5.75 Å². The Labute approximate surface area is 206 Å². The number of benzene rings is 2. The molecule has 0 radical (unpaired) electrons. The van der Waals surface area contributed by atoms with E-state index in [-0.39, 0.29) is 23.2 Å². The summed E-state index contributed by atoms with van der Waals surface area (Å²) < 4.78 is 14.9. The molecule has 5 rings (SSSR count). The number of methoxy groups -OCH3 is 3. The Bertz CT molecular complexity index is 1380. The van der Waals surface area contributed by atoms with Crippen molar-refractivity contribution < 1.29 is 33.4 Å². The third-order valence-corrected chi connectivity index (χ3v) is 6.79. The number of rotatable bonds is 5. The van der Waals surface area contributed by atoms with E-state index in [0.29, 0.717) is 19.5 Å². The smallest absolute Gasteiger partial charge is 0.337 e. The van der Waals surface area contributed by atoms with Crippen LogP contribution in [0.5, 0.6) is 5.75 Å².